The number of amides is 3. The molecule has 1 fully saturated rings. The van der Waals surface area contributed by atoms with Crippen LogP contribution in [0.2, 0.25) is 10.0 Å². The van der Waals surface area contributed by atoms with Crippen LogP contribution in [-0.2, 0) is 4.74 Å². The van der Waals surface area contributed by atoms with Crippen molar-refractivity contribution in [1.82, 2.24) is 9.88 Å². The van der Waals surface area contributed by atoms with E-state index in [4.69, 9.17) is 33.7 Å². The lowest BCUT2D eigenvalue weighted by molar-refractivity contribution is -0.0135. The summed E-state index contributed by atoms with van der Waals surface area (Å²) in [5, 5.41) is 3.56. The summed E-state index contributed by atoms with van der Waals surface area (Å²) in [6.45, 7) is 1.16. The van der Waals surface area contributed by atoms with E-state index >= 15 is 0 Å². The van der Waals surface area contributed by atoms with Crippen LogP contribution in [0.4, 0.5) is 10.6 Å². The van der Waals surface area contributed by atoms with Crippen molar-refractivity contribution in [3.63, 3.8) is 0 Å². The summed E-state index contributed by atoms with van der Waals surface area (Å²) in [6, 6.07) is 9.56. The van der Waals surface area contributed by atoms with Gasteiger partial charge in [0.15, 0.2) is 0 Å². The maximum absolute atomic E-state index is 12.5. The highest BCUT2D eigenvalue weighted by atomic mass is 35.5. The number of pyridine rings is 1. The van der Waals surface area contributed by atoms with Crippen molar-refractivity contribution >= 4 is 41.0 Å². The minimum absolute atomic E-state index is 0.0819. The second-order valence-corrected chi connectivity index (χ2v) is 6.50. The van der Waals surface area contributed by atoms with E-state index in [1.54, 1.807) is 29.2 Å². The van der Waals surface area contributed by atoms with E-state index < -0.39 is 5.91 Å². The SMILES string of the molecule is NC(=O)c1cccc(NC(=O)N2CCOC(c3ccc(Cl)c(Cl)c3)C2)n1. The van der Waals surface area contributed by atoms with Gasteiger partial charge in [-0.05, 0) is 29.8 Å². The molecule has 0 spiro atoms. The van der Waals surface area contributed by atoms with Crippen molar-refractivity contribution in [2.45, 2.75) is 6.10 Å². The van der Waals surface area contributed by atoms with Crippen LogP contribution < -0.4 is 11.1 Å². The van der Waals surface area contributed by atoms with E-state index in [1.165, 1.54) is 6.07 Å². The lowest BCUT2D eigenvalue weighted by Gasteiger charge is -2.33. The average molecular weight is 395 g/mol. The van der Waals surface area contributed by atoms with Crippen LogP contribution in [0, 0.1) is 0 Å². The third kappa shape index (κ3) is 4.24. The van der Waals surface area contributed by atoms with E-state index in [2.05, 4.69) is 10.3 Å². The largest absolute Gasteiger partial charge is 0.370 e. The summed E-state index contributed by atoms with van der Waals surface area (Å²) >= 11 is 12.0. The van der Waals surface area contributed by atoms with E-state index in [0.29, 0.717) is 29.7 Å². The molecule has 136 valence electrons. The number of carbonyl (C=O) groups is 2. The zero-order valence-electron chi connectivity index (χ0n) is 13.6. The molecule has 1 aromatic carbocycles. The first-order valence-electron chi connectivity index (χ1n) is 7.83. The highest BCUT2D eigenvalue weighted by molar-refractivity contribution is 6.42. The number of halogens is 2. The maximum atomic E-state index is 12.5. The molecule has 1 atom stereocenters. The number of aromatic nitrogens is 1. The molecule has 0 radical (unpaired) electrons. The predicted octanol–water partition coefficient (Wildman–Crippen LogP) is 3.09. The van der Waals surface area contributed by atoms with Crippen molar-refractivity contribution in [1.29, 1.82) is 0 Å². The third-order valence-electron chi connectivity index (χ3n) is 3.91. The van der Waals surface area contributed by atoms with Gasteiger partial charge >= 0.3 is 6.03 Å². The number of nitrogens with zero attached hydrogens (tertiary/aromatic N) is 2. The number of benzene rings is 1. The number of ether oxygens (including phenoxy) is 1. The molecule has 1 aliphatic heterocycles. The van der Waals surface area contributed by atoms with Crippen LogP contribution in [0.25, 0.3) is 0 Å². The van der Waals surface area contributed by atoms with Crippen LogP contribution in [0.1, 0.15) is 22.2 Å². The van der Waals surface area contributed by atoms with Crippen molar-refractivity contribution in [3.05, 3.63) is 57.7 Å². The molecule has 2 aromatic rings. The molecule has 9 heteroatoms. The molecule has 3 rings (SSSR count). The molecule has 3 amide bonds. The molecule has 7 nitrogen and oxygen atoms in total. The van der Waals surface area contributed by atoms with Crippen LogP contribution in [-0.4, -0.2) is 41.5 Å². The Labute approximate surface area is 160 Å². The fraction of sp³-hybridized carbons (Fsp3) is 0.235. The Kier molecular flexibility index (Phi) is 5.61. The van der Waals surface area contributed by atoms with Gasteiger partial charge in [0.25, 0.3) is 5.91 Å². The number of anilines is 1. The summed E-state index contributed by atoms with van der Waals surface area (Å²) in [4.78, 5) is 29.3. The zero-order valence-corrected chi connectivity index (χ0v) is 15.1. The number of rotatable bonds is 3. The quantitative estimate of drug-likeness (QED) is 0.835. The average Bonchev–Trinajstić information content (AvgIpc) is 2.64. The van der Waals surface area contributed by atoms with Gasteiger partial charge in [-0.1, -0.05) is 35.3 Å². The second-order valence-electron chi connectivity index (χ2n) is 5.68. The predicted molar refractivity (Wildman–Crippen MR) is 98.5 cm³/mol. The molecular formula is C17H16Cl2N4O3. The number of hydrogen-bond donors (Lipinski definition) is 2. The van der Waals surface area contributed by atoms with E-state index in [1.807, 2.05) is 6.07 Å². The van der Waals surface area contributed by atoms with Gasteiger partial charge in [-0.15, -0.1) is 0 Å². The molecule has 2 heterocycles. The fourth-order valence-electron chi connectivity index (χ4n) is 2.58. The van der Waals surface area contributed by atoms with Crippen LogP contribution >= 0.6 is 23.2 Å². The molecule has 3 N–H and O–H groups in total. The summed E-state index contributed by atoms with van der Waals surface area (Å²) in [5.74, 6) is -0.406. The second kappa shape index (κ2) is 7.90. The van der Waals surface area contributed by atoms with E-state index in [9.17, 15) is 9.59 Å². The summed E-state index contributed by atoms with van der Waals surface area (Å²) in [7, 11) is 0. The highest BCUT2D eigenvalue weighted by Gasteiger charge is 2.26. The van der Waals surface area contributed by atoms with Gasteiger partial charge < -0.3 is 15.4 Å². The van der Waals surface area contributed by atoms with Gasteiger partial charge in [0.1, 0.15) is 17.6 Å². The number of morpholine rings is 1. The van der Waals surface area contributed by atoms with Gasteiger partial charge in [0.05, 0.1) is 23.2 Å². The number of urea groups is 1. The van der Waals surface area contributed by atoms with Crippen LogP contribution in [0.15, 0.2) is 36.4 Å². The van der Waals surface area contributed by atoms with Crippen molar-refractivity contribution < 1.29 is 14.3 Å². The van der Waals surface area contributed by atoms with Gasteiger partial charge in [-0.3, -0.25) is 10.1 Å². The summed E-state index contributed by atoms with van der Waals surface area (Å²) < 4.78 is 5.74. The topological polar surface area (TPSA) is 97.5 Å². The molecule has 1 aliphatic rings. The Hall–Kier alpha value is -2.35. The van der Waals surface area contributed by atoms with E-state index in [-0.39, 0.29) is 23.6 Å². The maximum Gasteiger partial charge on any atom is 0.323 e. The summed E-state index contributed by atoms with van der Waals surface area (Å²) in [6.07, 6.45) is -0.311. The monoisotopic (exact) mass is 394 g/mol. The fourth-order valence-corrected chi connectivity index (χ4v) is 2.88. The number of nitrogens with two attached hydrogens (primary N) is 1. The van der Waals surface area contributed by atoms with Gasteiger partial charge in [0, 0.05) is 6.54 Å². The zero-order chi connectivity index (χ0) is 18.7. The third-order valence-corrected chi connectivity index (χ3v) is 4.64. The first-order chi connectivity index (χ1) is 12.4. The number of primary amides is 1. The standard InChI is InChI=1S/C17H16Cl2N4O3/c18-11-5-4-10(8-12(11)19)14-9-23(6-7-26-14)17(25)22-15-3-1-2-13(21-15)16(20)24/h1-5,8,14H,6-7,9H2,(H2,20,24)(H,21,22,25). The van der Waals surface area contributed by atoms with E-state index in [0.717, 1.165) is 5.56 Å². The highest BCUT2D eigenvalue weighted by Crippen LogP contribution is 2.29. The van der Waals surface area contributed by atoms with Gasteiger partial charge in [0.2, 0.25) is 0 Å². The minimum atomic E-state index is -0.660. The number of nitrogens with one attached hydrogen (secondary N) is 1. The Balaban J connectivity index is 1.69. The first kappa shape index (κ1) is 18.4. The lowest BCUT2D eigenvalue weighted by atomic mass is 10.1. The molecule has 0 bridgehead atoms. The molecular weight excluding hydrogens is 379 g/mol. The Morgan fingerprint density at radius 3 is 2.77 bits per heavy atom. The van der Waals surface area contributed by atoms with Crippen molar-refractivity contribution in [2.24, 2.45) is 5.73 Å². The number of carbonyl (C=O) groups excluding carboxylic acids is 2. The first-order valence-corrected chi connectivity index (χ1v) is 8.59. The Morgan fingerprint density at radius 1 is 1.23 bits per heavy atom. The minimum Gasteiger partial charge on any atom is -0.370 e. The Bertz CT molecular complexity index is 847. The molecule has 1 saturated heterocycles. The summed E-state index contributed by atoms with van der Waals surface area (Å²) in [5.41, 5.74) is 6.12. The molecule has 26 heavy (non-hydrogen) atoms. The molecule has 1 unspecified atom stereocenters. The van der Waals surface area contributed by atoms with Crippen molar-refractivity contribution in [2.75, 3.05) is 25.0 Å². The number of hydrogen-bond acceptors (Lipinski definition) is 4. The lowest BCUT2D eigenvalue weighted by Crippen LogP contribution is -2.44. The molecule has 1 aromatic heterocycles. The van der Waals surface area contributed by atoms with Crippen molar-refractivity contribution in [3.8, 4) is 0 Å². The van der Waals surface area contributed by atoms with Gasteiger partial charge in [-0.2, -0.15) is 0 Å². The molecule has 0 saturated carbocycles. The van der Waals surface area contributed by atoms with Gasteiger partial charge in [-0.25, -0.2) is 9.78 Å². The molecule has 0 aliphatic carbocycles. The van der Waals surface area contributed by atoms with Crippen LogP contribution in [0.3, 0.4) is 0 Å². The smallest absolute Gasteiger partial charge is 0.323 e. The Morgan fingerprint density at radius 2 is 2.04 bits per heavy atom. The van der Waals surface area contributed by atoms with Crippen LogP contribution in [0.5, 0.6) is 0 Å². The normalized spacial score (nSPS) is 17.0.